The number of halogens is 1. The van der Waals surface area contributed by atoms with Gasteiger partial charge >= 0.3 is 0 Å². The quantitative estimate of drug-likeness (QED) is 0.596. The van der Waals surface area contributed by atoms with Crippen molar-refractivity contribution in [3.8, 4) is 5.75 Å². The Labute approximate surface area is 178 Å². The monoisotopic (exact) mass is 438 g/mol. The van der Waals surface area contributed by atoms with E-state index in [0.29, 0.717) is 23.7 Å². The molecule has 2 rings (SSSR count). The van der Waals surface area contributed by atoms with Crippen molar-refractivity contribution in [1.29, 1.82) is 0 Å². The topological polar surface area (TPSA) is 66.9 Å². The molecule has 0 N–H and O–H groups in total. The van der Waals surface area contributed by atoms with E-state index in [0.717, 1.165) is 23.1 Å². The van der Waals surface area contributed by atoms with Gasteiger partial charge in [-0.25, -0.2) is 8.42 Å². The van der Waals surface area contributed by atoms with Crippen LogP contribution in [0.1, 0.15) is 24.0 Å². The van der Waals surface area contributed by atoms with Crippen molar-refractivity contribution in [2.24, 2.45) is 0 Å². The van der Waals surface area contributed by atoms with Crippen LogP contribution in [0.3, 0.4) is 0 Å². The average molecular weight is 439 g/mol. The van der Waals surface area contributed by atoms with Crippen molar-refractivity contribution in [3.63, 3.8) is 0 Å². The van der Waals surface area contributed by atoms with E-state index in [1.165, 1.54) is 4.31 Å². The highest BCUT2D eigenvalue weighted by molar-refractivity contribution is 7.92. The van der Waals surface area contributed by atoms with Gasteiger partial charge in [0, 0.05) is 37.1 Å². The van der Waals surface area contributed by atoms with Crippen LogP contribution < -0.4 is 9.04 Å². The van der Waals surface area contributed by atoms with Crippen molar-refractivity contribution in [2.75, 3.05) is 31.3 Å². The third kappa shape index (κ3) is 6.37. The van der Waals surface area contributed by atoms with Crippen molar-refractivity contribution in [2.45, 2.75) is 26.3 Å². The largest absolute Gasteiger partial charge is 0.496 e. The Bertz CT molecular complexity index is 963. The molecule has 1 amide bonds. The summed E-state index contributed by atoms with van der Waals surface area (Å²) >= 11 is 6.05. The maximum Gasteiger partial charge on any atom is 0.232 e. The molecule has 0 aliphatic rings. The van der Waals surface area contributed by atoms with Gasteiger partial charge < -0.3 is 9.64 Å². The number of methoxy groups -OCH3 is 1. The summed E-state index contributed by atoms with van der Waals surface area (Å²) in [6.45, 7) is 2.45. The lowest BCUT2D eigenvalue weighted by molar-refractivity contribution is -0.130. The maximum atomic E-state index is 12.5. The van der Waals surface area contributed by atoms with Crippen molar-refractivity contribution < 1.29 is 17.9 Å². The zero-order chi connectivity index (χ0) is 21.6. The van der Waals surface area contributed by atoms with Gasteiger partial charge in [0.05, 0.1) is 19.1 Å². The molecule has 0 radical (unpaired) electrons. The fourth-order valence-electron chi connectivity index (χ4n) is 3.06. The van der Waals surface area contributed by atoms with E-state index in [1.54, 1.807) is 37.3 Å². The molecule has 0 aliphatic carbocycles. The third-order valence-electron chi connectivity index (χ3n) is 4.62. The molecule has 2 aromatic carbocycles. The number of aryl methyl sites for hydroxylation is 1. The van der Waals surface area contributed by atoms with E-state index in [9.17, 15) is 13.2 Å². The van der Waals surface area contributed by atoms with E-state index < -0.39 is 10.0 Å². The van der Waals surface area contributed by atoms with E-state index in [4.69, 9.17) is 16.3 Å². The fourth-order valence-corrected chi connectivity index (χ4v) is 4.24. The molecule has 29 heavy (non-hydrogen) atoms. The van der Waals surface area contributed by atoms with Crippen LogP contribution in [0.4, 0.5) is 5.69 Å². The highest BCUT2D eigenvalue weighted by Crippen LogP contribution is 2.27. The van der Waals surface area contributed by atoms with Crippen molar-refractivity contribution in [1.82, 2.24) is 4.90 Å². The van der Waals surface area contributed by atoms with Gasteiger partial charge in [-0.05, 0) is 37.1 Å². The first-order valence-electron chi connectivity index (χ1n) is 9.23. The van der Waals surface area contributed by atoms with Gasteiger partial charge in [-0.1, -0.05) is 35.9 Å². The number of rotatable bonds is 9. The molecular formula is C21H27ClN2O4S. The first-order valence-corrected chi connectivity index (χ1v) is 11.5. The second-order valence-corrected chi connectivity index (χ2v) is 9.27. The summed E-state index contributed by atoms with van der Waals surface area (Å²) in [6, 6.07) is 12.7. The zero-order valence-corrected chi connectivity index (χ0v) is 18.8. The van der Waals surface area contributed by atoms with Gasteiger partial charge in [-0.3, -0.25) is 9.10 Å². The summed E-state index contributed by atoms with van der Waals surface area (Å²) in [6.07, 6.45) is 1.79. The van der Waals surface area contributed by atoms with Gasteiger partial charge in [-0.2, -0.15) is 0 Å². The number of hydrogen-bond donors (Lipinski definition) is 0. The summed E-state index contributed by atoms with van der Waals surface area (Å²) in [7, 11) is -0.178. The highest BCUT2D eigenvalue weighted by Gasteiger charge is 2.20. The molecule has 6 nitrogen and oxygen atoms in total. The zero-order valence-electron chi connectivity index (χ0n) is 17.2. The Morgan fingerprint density at radius 3 is 2.52 bits per heavy atom. The first kappa shape index (κ1) is 23.0. The molecule has 0 fully saturated rings. The van der Waals surface area contributed by atoms with Crippen LogP contribution in [-0.4, -0.2) is 46.2 Å². The maximum absolute atomic E-state index is 12.5. The number of sulfonamides is 1. The lowest BCUT2D eigenvalue weighted by Gasteiger charge is -2.25. The molecule has 0 unspecified atom stereocenters. The molecular weight excluding hydrogens is 412 g/mol. The lowest BCUT2D eigenvalue weighted by atomic mass is 10.1. The number of anilines is 1. The van der Waals surface area contributed by atoms with E-state index in [-0.39, 0.29) is 18.9 Å². The Morgan fingerprint density at radius 2 is 1.86 bits per heavy atom. The van der Waals surface area contributed by atoms with Crippen LogP contribution in [0, 0.1) is 6.92 Å². The lowest BCUT2D eigenvalue weighted by Crippen LogP contribution is -2.33. The van der Waals surface area contributed by atoms with Gasteiger partial charge in [0.1, 0.15) is 5.75 Å². The van der Waals surface area contributed by atoms with Crippen LogP contribution in [0.25, 0.3) is 0 Å². The van der Waals surface area contributed by atoms with Crippen LogP contribution >= 0.6 is 11.6 Å². The minimum absolute atomic E-state index is 0.0628. The number of benzene rings is 2. The Kier molecular flexibility index (Phi) is 7.93. The Hall–Kier alpha value is -2.25. The van der Waals surface area contributed by atoms with Crippen molar-refractivity contribution >= 4 is 33.2 Å². The van der Waals surface area contributed by atoms with Crippen molar-refractivity contribution in [3.05, 3.63) is 58.6 Å². The minimum atomic E-state index is -3.50. The molecule has 2 aromatic rings. The smallest absolute Gasteiger partial charge is 0.232 e. The highest BCUT2D eigenvalue weighted by atomic mass is 35.5. The number of amides is 1. The molecule has 0 bridgehead atoms. The van der Waals surface area contributed by atoms with E-state index in [2.05, 4.69) is 0 Å². The minimum Gasteiger partial charge on any atom is -0.496 e. The van der Waals surface area contributed by atoms with Gasteiger partial charge in [0.25, 0.3) is 0 Å². The predicted molar refractivity (Wildman–Crippen MR) is 117 cm³/mol. The molecule has 0 spiro atoms. The summed E-state index contributed by atoms with van der Waals surface area (Å²) in [5, 5.41) is 0.465. The normalized spacial score (nSPS) is 11.2. The van der Waals surface area contributed by atoms with Crippen LogP contribution in [0.2, 0.25) is 5.02 Å². The van der Waals surface area contributed by atoms with Crippen LogP contribution in [0.15, 0.2) is 42.5 Å². The molecule has 0 heterocycles. The number of ether oxygens (including phenoxy) is 1. The first-order chi connectivity index (χ1) is 13.6. The summed E-state index contributed by atoms with van der Waals surface area (Å²) in [5.41, 5.74) is 2.26. The third-order valence-corrected chi connectivity index (χ3v) is 6.03. The number of hydrogen-bond acceptors (Lipinski definition) is 4. The number of carbonyl (C=O) groups excluding carboxylic acids is 1. The molecule has 0 aromatic heterocycles. The summed E-state index contributed by atoms with van der Waals surface area (Å²) in [5.74, 6) is 0.666. The number of nitrogens with zero attached hydrogens (tertiary/aromatic N) is 2. The summed E-state index contributed by atoms with van der Waals surface area (Å²) in [4.78, 5) is 14.2. The van der Waals surface area contributed by atoms with E-state index in [1.807, 2.05) is 31.2 Å². The Morgan fingerprint density at radius 1 is 1.17 bits per heavy atom. The van der Waals surface area contributed by atoms with E-state index >= 15 is 0 Å². The van der Waals surface area contributed by atoms with Crippen LogP contribution in [-0.2, 0) is 21.4 Å². The van der Waals surface area contributed by atoms with Gasteiger partial charge in [0.2, 0.25) is 15.9 Å². The average Bonchev–Trinajstić information content (AvgIpc) is 2.66. The molecule has 158 valence electrons. The molecule has 0 atom stereocenters. The predicted octanol–water partition coefficient (Wildman–Crippen LogP) is 3.86. The number of carbonyl (C=O) groups is 1. The standard InChI is InChI=1S/C21H27ClN2O4S/c1-16-11-12-18(22)14-19(16)24(29(4,26)27)13-7-10-21(25)23(2)15-17-8-5-6-9-20(17)28-3/h5-6,8-9,11-12,14H,7,10,13,15H2,1-4H3. The molecule has 8 heteroatoms. The van der Waals surface area contributed by atoms with Gasteiger partial charge in [-0.15, -0.1) is 0 Å². The molecule has 0 saturated carbocycles. The number of para-hydroxylation sites is 1. The van der Waals surface area contributed by atoms with Crippen LogP contribution in [0.5, 0.6) is 5.75 Å². The fraction of sp³-hybridized carbons (Fsp3) is 0.381. The Balaban J connectivity index is 2.02. The SMILES string of the molecule is COc1ccccc1CN(C)C(=O)CCCN(c1cc(Cl)ccc1C)S(C)(=O)=O. The second-order valence-electron chi connectivity index (χ2n) is 6.93. The second kappa shape index (κ2) is 9.98. The molecule has 0 saturated heterocycles. The molecule has 0 aliphatic heterocycles. The van der Waals surface area contributed by atoms with Gasteiger partial charge in [0.15, 0.2) is 0 Å². The summed E-state index contributed by atoms with van der Waals surface area (Å²) < 4.78 is 31.2.